The van der Waals surface area contributed by atoms with Gasteiger partial charge in [0, 0.05) is 12.1 Å². The zero-order valence-electron chi connectivity index (χ0n) is 13.6. The molecule has 120 valence electrons. The number of rotatable bonds is 3. The topological polar surface area (TPSA) is 41.6 Å². The fourth-order valence-electron chi connectivity index (χ4n) is 5.13. The van der Waals surface area contributed by atoms with Gasteiger partial charge in [-0.1, -0.05) is 12.8 Å². The minimum absolute atomic E-state index is 0.0790. The number of ether oxygens (including phenoxy) is 1. The smallest absolute Gasteiger partial charge is 0.326 e. The molecule has 4 nitrogen and oxygen atoms in total. The van der Waals surface area contributed by atoms with Crippen LogP contribution in [0.3, 0.4) is 0 Å². The number of likely N-dealkylation sites (tertiary alicyclic amines) is 1. The van der Waals surface area contributed by atoms with Crippen molar-refractivity contribution in [3.63, 3.8) is 0 Å². The highest BCUT2D eigenvalue weighted by atomic mass is 16.5. The maximum atomic E-state index is 12.2. The molecule has 3 rings (SSSR count). The van der Waals surface area contributed by atoms with Gasteiger partial charge < -0.3 is 10.1 Å². The Labute approximate surface area is 128 Å². The number of esters is 1. The van der Waals surface area contributed by atoms with Crippen molar-refractivity contribution >= 4 is 5.97 Å². The number of fused-ring (bicyclic) bond motifs is 1. The van der Waals surface area contributed by atoms with Gasteiger partial charge >= 0.3 is 5.97 Å². The average molecular weight is 294 g/mol. The molecule has 4 unspecified atom stereocenters. The number of likely N-dealkylation sites (N-methyl/N-ethyl adjacent to an activating group) is 1. The standard InChI is InChI=1S/C17H30N2O2/c1-18-17(16(20)21-2)10-9-14(12-17)19-11-5-7-13-6-3-4-8-15(13)19/h13-15,18H,3-12H2,1-2H3. The van der Waals surface area contributed by atoms with Crippen LogP contribution in [0.1, 0.15) is 57.8 Å². The number of nitrogens with one attached hydrogen (secondary N) is 1. The van der Waals surface area contributed by atoms with E-state index in [0.29, 0.717) is 6.04 Å². The van der Waals surface area contributed by atoms with Gasteiger partial charge in [-0.15, -0.1) is 0 Å². The summed E-state index contributed by atoms with van der Waals surface area (Å²) >= 11 is 0. The Kier molecular flexibility index (Phi) is 4.55. The molecular formula is C17H30N2O2. The van der Waals surface area contributed by atoms with Crippen LogP contribution in [-0.4, -0.2) is 49.2 Å². The first-order valence-corrected chi connectivity index (χ1v) is 8.73. The van der Waals surface area contributed by atoms with Crippen molar-refractivity contribution in [3.05, 3.63) is 0 Å². The van der Waals surface area contributed by atoms with E-state index in [2.05, 4.69) is 10.2 Å². The molecule has 0 aromatic carbocycles. The highest BCUT2D eigenvalue weighted by molar-refractivity contribution is 5.81. The van der Waals surface area contributed by atoms with E-state index in [-0.39, 0.29) is 5.97 Å². The van der Waals surface area contributed by atoms with Crippen LogP contribution in [0.5, 0.6) is 0 Å². The number of nitrogens with zero attached hydrogens (tertiary/aromatic N) is 1. The maximum Gasteiger partial charge on any atom is 0.326 e. The van der Waals surface area contributed by atoms with Crippen molar-refractivity contribution < 1.29 is 9.53 Å². The Bertz CT molecular complexity index is 385. The van der Waals surface area contributed by atoms with Crippen LogP contribution in [0.2, 0.25) is 0 Å². The molecule has 1 heterocycles. The number of piperidine rings is 1. The lowest BCUT2D eigenvalue weighted by molar-refractivity contribution is -0.148. The van der Waals surface area contributed by atoms with Crippen LogP contribution in [0, 0.1) is 5.92 Å². The van der Waals surface area contributed by atoms with E-state index >= 15 is 0 Å². The SMILES string of the molecule is CNC1(C(=O)OC)CCC(N2CCCC3CCCCC32)C1. The minimum atomic E-state index is -0.443. The summed E-state index contributed by atoms with van der Waals surface area (Å²) in [5, 5.41) is 3.27. The molecule has 0 bridgehead atoms. The second kappa shape index (κ2) is 6.25. The Morgan fingerprint density at radius 3 is 2.71 bits per heavy atom. The third-order valence-corrected chi connectivity index (χ3v) is 6.30. The number of carbonyl (C=O) groups excluding carboxylic acids is 1. The summed E-state index contributed by atoms with van der Waals surface area (Å²) in [6, 6.07) is 1.34. The van der Waals surface area contributed by atoms with E-state index in [4.69, 9.17) is 4.74 Å². The Morgan fingerprint density at radius 2 is 1.95 bits per heavy atom. The number of carbonyl (C=O) groups is 1. The molecule has 0 amide bonds. The largest absolute Gasteiger partial charge is 0.468 e. The Morgan fingerprint density at radius 1 is 1.19 bits per heavy atom. The Hall–Kier alpha value is -0.610. The fraction of sp³-hybridized carbons (Fsp3) is 0.941. The fourth-order valence-corrected chi connectivity index (χ4v) is 5.13. The molecule has 1 aliphatic heterocycles. The molecule has 2 saturated carbocycles. The first-order valence-electron chi connectivity index (χ1n) is 8.73. The van der Waals surface area contributed by atoms with Crippen molar-refractivity contribution in [2.75, 3.05) is 20.7 Å². The van der Waals surface area contributed by atoms with E-state index in [1.54, 1.807) is 0 Å². The molecular weight excluding hydrogens is 264 g/mol. The van der Waals surface area contributed by atoms with Gasteiger partial charge in [0.15, 0.2) is 0 Å². The normalized spacial score (nSPS) is 40.8. The number of hydrogen-bond acceptors (Lipinski definition) is 4. The molecule has 0 aromatic rings. The van der Waals surface area contributed by atoms with Gasteiger partial charge in [-0.2, -0.15) is 0 Å². The lowest BCUT2D eigenvalue weighted by atomic mass is 9.77. The predicted molar refractivity (Wildman–Crippen MR) is 83.1 cm³/mol. The van der Waals surface area contributed by atoms with E-state index in [9.17, 15) is 4.79 Å². The quantitative estimate of drug-likeness (QED) is 0.811. The molecule has 21 heavy (non-hydrogen) atoms. The third-order valence-electron chi connectivity index (χ3n) is 6.30. The monoisotopic (exact) mass is 294 g/mol. The lowest BCUT2D eigenvalue weighted by Crippen LogP contribution is -2.54. The highest BCUT2D eigenvalue weighted by Crippen LogP contribution is 2.41. The highest BCUT2D eigenvalue weighted by Gasteiger charge is 2.48. The van der Waals surface area contributed by atoms with Gasteiger partial charge in [0.2, 0.25) is 0 Å². The summed E-state index contributed by atoms with van der Waals surface area (Å²) in [4.78, 5) is 14.9. The summed E-state index contributed by atoms with van der Waals surface area (Å²) in [6.07, 6.45) is 11.3. The van der Waals surface area contributed by atoms with Crippen LogP contribution in [0.15, 0.2) is 0 Å². The summed E-state index contributed by atoms with van der Waals surface area (Å²) in [5.41, 5.74) is -0.443. The number of hydrogen-bond donors (Lipinski definition) is 1. The molecule has 1 saturated heterocycles. The van der Waals surface area contributed by atoms with E-state index in [1.807, 2.05) is 7.05 Å². The number of methoxy groups -OCH3 is 1. The zero-order valence-corrected chi connectivity index (χ0v) is 13.6. The molecule has 2 aliphatic carbocycles. The molecule has 1 N–H and O–H groups in total. The van der Waals surface area contributed by atoms with Gasteiger partial charge in [0.25, 0.3) is 0 Å². The van der Waals surface area contributed by atoms with Crippen molar-refractivity contribution in [3.8, 4) is 0 Å². The minimum Gasteiger partial charge on any atom is -0.468 e. The van der Waals surface area contributed by atoms with Gasteiger partial charge in [-0.05, 0) is 64.5 Å². The molecule has 4 heteroatoms. The van der Waals surface area contributed by atoms with Crippen LogP contribution in [0.4, 0.5) is 0 Å². The van der Waals surface area contributed by atoms with Gasteiger partial charge in [0.05, 0.1) is 7.11 Å². The molecule has 0 aromatic heterocycles. The van der Waals surface area contributed by atoms with Crippen LogP contribution in [0.25, 0.3) is 0 Å². The van der Waals surface area contributed by atoms with Crippen molar-refractivity contribution in [2.45, 2.75) is 75.4 Å². The zero-order chi connectivity index (χ0) is 14.9. The first-order chi connectivity index (χ1) is 10.2. The third kappa shape index (κ3) is 2.72. The van der Waals surface area contributed by atoms with Gasteiger partial charge in [-0.3, -0.25) is 9.69 Å². The van der Waals surface area contributed by atoms with Gasteiger partial charge in [0.1, 0.15) is 5.54 Å². The van der Waals surface area contributed by atoms with E-state index < -0.39 is 5.54 Å². The van der Waals surface area contributed by atoms with Crippen LogP contribution >= 0.6 is 0 Å². The second-order valence-corrected chi connectivity index (χ2v) is 7.21. The molecule has 0 spiro atoms. The maximum absolute atomic E-state index is 12.2. The van der Waals surface area contributed by atoms with E-state index in [0.717, 1.165) is 31.2 Å². The molecule has 3 fully saturated rings. The van der Waals surface area contributed by atoms with Crippen molar-refractivity contribution in [1.29, 1.82) is 0 Å². The summed E-state index contributed by atoms with van der Waals surface area (Å²) in [7, 11) is 3.41. The van der Waals surface area contributed by atoms with Crippen molar-refractivity contribution in [1.82, 2.24) is 10.2 Å². The van der Waals surface area contributed by atoms with E-state index in [1.165, 1.54) is 52.2 Å². The first kappa shape index (κ1) is 15.3. The summed E-state index contributed by atoms with van der Waals surface area (Å²) < 4.78 is 5.05. The summed E-state index contributed by atoms with van der Waals surface area (Å²) in [6.45, 7) is 1.23. The average Bonchev–Trinajstić information content (AvgIpc) is 2.99. The molecule has 4 atom stereocenters. The molecule has 3 aliphatic rings. The van der Waals surface area contributed by atoms with Gasteiger partial charge in [-0.25, -0.2) is 0 Å². The summed E-state index contributed by atoms with van der Waals surface area (Å²) in [5.74, 6) is 0.833. The molecule has 0 radical (unpaired) electrons. The van der Waals surface area contributed by atoms with Crippen molar-refractivity contribution in [2.24, 2.45) is 5.92 Å². The lowest BCUT2D eigenvalue weighted by Gasteiger charge is -2.47. The van der Waals surface area contributed by atoms with Crippen LogP contribution in [-0.2, 0) is 9.53 Å². The second-order valence-electron chi connectivity index (χ2n) is 7.21. The predicted octanol–water partition coefficient (Wildman–Crippen LogP) is 2.32. The Balaban J connectivity index is 1.71. The van der Waals surface area contributed by atoms with Crippen LogP contribution < -0.4 is 5.32 Å².